The number of nitrogens with zero attached hydrogens (tertiary/aromatic N) is 3. The molecule has 1 aromatic heterocycles. The number of likely N-dealkylation sites (tertiary alicyclic amines) is 1. The SMILES string of the molecule is CCC(CC)NC(=O)N1CCCC(Oc2nccnc2OC)C1. The maximum atomic E-state index is 12.4. The summed E-state index contributed by atoms with van der Waals surface area (Å²) >= 11 is 0. The molecule has 0 spiro atoms. The Hall–Kier alpha value is -2.05. The van der Waals surface area contributed by atoms with Gasteiger partial charge in [-0.2, -0.15) is 0 Å². The van der Waals surface area contributed by atoms with E-state index >= 15 is 0 Å². The fourth-order valence-electron chi connectivity index (χ4n) is 2.67. The highest BCUT2D eigenvalue weighted by atomic mass is 16.5. The third-order valence-corrected chi connectivity index (χ3v) is 4.08. The van der Waals surface area contributed by atoms with Gasteiger partial charge in [0.15, 0.2) is 0 Å². The van der Waals surface area contributed by atoms with Crippen LogP contribution < -0.4 is 14.8 Å². The van der Waals surface area contributed by atoms with Crippen LogP contribution in [0.3, 0.4) is 0 Å². The van der Waals surface area contributed by atoms with Crippen molar-refractivity contribution in [3.63, 3.8) is 0 Å². The van der Waals surface area contributed by atoms with Crippen molar-refractivity contribution < 1.29 is 14.3 Å². The van der Waals surface area contributed by atoms with E-state index in [1.807, 2.05) is 4.90 Å². The Bertz CT molecular complexity index is 508. The van der Waals surface area contributed by atoms with Gasteiger partial charge in [0.2, 0.25) is 0 Å². The highest BCUT2D eigenvalue weighted by Crippen LogP contribution is 2.23. The molecule has 128 valence electrons. The molecule has 1 unspecified atom stereocenters. The maximum Gasteiger partial charge on any atom is 0.317 e. The lowest BCUT2D eigenvalue weighted by molar-refractivity contribution is 0.0932. The summed E-state index contributed by atoms with van der Waals surface area (Å²) in [6, 6.07) is 0.210. The fraction of sp³-hybridized carbons (Fsp3) is 0.688. The van der Waals surface area contributed by atoms with Crippen LogP contribution in [0.5, 0.6) is 11.8 Å². The summed E-state index contributed by atoms with van der Waals surface area (Å²) in [6.07, 6.45) is 6.69. The van der Waals surface area contributed by atoms with Crippen LogP contribution >= 0.6 is 0 Å². The third-order valence-electron chi connectivity index (χ3n) is 4.08. The van der Waals surface area contributed by atoms with Gasteiger partial charge in [-0.15, -0.1) is 0 Å². The van der Waals surface area contributed by atoms with E-state index in [2.05, 4.69) is 29.1 Å². The van der Waals surface area contributed by atoms with Crippen LogP contribution in [0.25, 0.3) is 0 Å². The average Bonchev–Trinajstić information content (AvgIpc) is 2.60. The second-order valence-corrected chi connectivity index (χ2v) is 5.66. The molecule has 0 aromatic carbocycles. The first kappa shape index (κ1) is 17.3. The minimum Gasteiger partial charge on any atom is -0.477 e. The van der Waals surface area contributed by atoms with Gasteiger partial charge in [-0.25, -0.2) is 14.8 Å². The van der Waals surface area contributed by atoms with Gasteiger partial charge in [0.05, 0.1) is 13.7 Å². The molecular formula is C16H26N4O3. The molecule has 2 amide bonds. The van der Waals surface area contributed by atoms with Crippen molar-refractivity contribution in [2.24, 2.45) is 0 Å². The molecule has 1 aliphatic heterocycles. The first-order chi connectivity index (χ1) is 11.2. The zero-order chi connectivity index (χ0) is 16.7. The number of carbonyl (C=O) groups excluding carboxylic acids is 1. The number of piperidine rings is 1. The quantitative estimate of drug-likeness (QED) is 0.869. The van der Waals surface area contributed by atoms with Crippen molar-refractivity contribution in [2.75, 3.05) is 20.2 Å². The van der Waals surface area contributed by atoms with E-state index in [1.165, 1.54) is 7.11 Å². The van der Waals surface area contributed by atoms with Gasteiger partial charge in [-0.05, 0) is 25.7 Å². The lowest BCUT2D eigenvalue weighted by Gasteiger charge is -2.33. The summed E-state index contributed by atoms with van der Waals surface area (Å²) in [7, 11) is 1.53. The lowest BCUT2D eigenvalue weighted by atomic mass is 10.1. The molecule has 7 nitrogen and oxygen atoms in total. The second-order valence-electron chi connectivity index (χ2n) is 5.66. The molecule has 2 heterocycles. The summed E-state index contributed by atoms with van der Waals surface area (Å²) in [6.45, 7) is 5.46. The molecule has 0 radical (unpaired) electrons. The number of carbonyl (C=O) groups is 1. The summed E-state index contributed by atoms with van der Waals surface area (Å²) in [5.74, 6) is 0.744. The van der Waals surface area contributed by atoms with Gasteiger partial charge in [-0.3, -0.25) is 0 Å². The van der Waals surface area contributed by atoms with Gasteiger partial charge in [0, 0.05) is 25.0 Å². The van der Waals surface area contributed by atoms with Crippen LogP contribution in [-0.2, 0) is 0 Å². The fourth-order valence-corrected chi connectivity index (χ4v) is 2.67. The van der Waals surface area contributed by atoms with E-state index in [-0.39, 0.29) is 18.2 Å². The molecule has 1 aromatic rings. The highest BCUT2D eigenvalue weighted by molar-refractivity contribution is 5.74. The monoisotopic (exact) mass is 322 g/mol. The summed E-state index contributed by atoms with van der Waals surface area (Å²) in [5, 5.41) is 3.07. The molecular weight excluding hydrogens is 296 g/mol. The molecule has 1 aliphatic rings. The van der Waals surface area contributed by atoms with E-state index in [4.69, 9.17) is 9.47 Å². The zero-order valence-electron chi connectivity index (χ0n) is 14.1. The minimum absolute atomic E-state index is 0.0156. The van der Waals surface area contributed by atoms with E-state index in [0.29, 0.717) is 18.3 Å². The van der Waals surface area contributed by atoms with Crippen LogP contribution in [0, 0.1) is 0 Å². The van der Waals surface area contributed by atoms with Crippen LogP contribution in [0.1, 0.15) is 39.5 Å². The molecule has 7 heteroatoms. The van der Waals surface area contributed by atoms with Crippen molar-refractivity contribution in [1.29, 1.82) is 0 Å². The number of methoxy groups -OCH3 is 1. The number of hydrogen-bond donors (Lipinski definition) is 1. The van der Waals surface area contributed by atoms with Crippen molar-refractivity contribution in [2.45, 2.75) is 51.7 Å². The number of rotatable bonds is 6. The van der Waals surface area contributed by atoms with E-state index in [0.717, 1.165) is 32.2 Å². The molecule has 23 heavy (non-hydrogen) atoms. The van der Waals surface area contributed by atoms with E-state index in [9.17, 15) is 4.79 Å². The van der Waals surface area contributed by atoms with Crippen molar-refractivity contribution in [3.8, 4) is 11.8 Å². The first-order valence-corrected chi connectivity index (χ1v) is 8.25. The van der Waals surface area contributed by atoms with Crippen LogP contribution in [-0.4, -0.2) is 53.2 Å². The third kappa shape index (κ3) is 4.71. The van der Waals surface area contributed by atoms with Crippen molar-refractivity contribution >= 4 is 6.03 Å². The number of amides is 2. The Morgan fingerprint density at radius 2 is 2.04 bits per heavy atom. The Balaban J connectivity index is 1.94. The lowest BCUT2D eigenvalue weighted by Crippen LogP contribution is -2.50. The van der Waals surface area contributed by atoms with E-state index < -0.39 is 0 Å². The van der Waals surface area contributed by atoms with E-state index in [1.54, 1.807) is 12.4 Å². The highest BCUT2D eigenvalue weighted by Gasteiger charge is 2.27. The molecule has 1 fully saturated rings. The van der Waals surface area contributed by atoms with Gasteiger partial charge in [0.1, 0.15) is 6.10 Å². The predicted molar refractivity (Wildman–Crippen MR) is 86.7 cm³/mol. The Morgan fingerprint density at radius 3 is 2.70 bits per heavy atom. The summed E-state index contributed by atoms with van der Waals surface area (Å²) in [4.78, 5) is 22.4. The number of ether oxygens (including phenoxy) is 2. The normalized spacial score (nSPS) is 17.9. The molecule has 1 atom stereocenters. The molecule has 1 saturated heterocycles. The Morgan fingerprint density at radius 1 is 1.35 bits per heavy atom. The minimum atomic E-state index is -0.0956. The maximum absolute atomic E-state index is 12.4. The molecule has 0 bridgehead atoms. The first-order valence-electron chi connectivity index (χ1n) is 8.25. The molecule has 0 aliphatic carbocycles. The summed E-state index contributed by atoms with van der Waals surface area (Å²) < 4.78 is 11.0. The number of hydrogen-bond acceptors (Lipinski definition) is 5. The second kappa shape index (κ2) is 8.55. The standard InChI is InChI=1S/C16H26N4O3/c1-4-12(5-2)19-16(21)20-10-6-7-13(11-20)23-15-14(22-3)17-8-9-18-15/h8-9,12-13H,4-7,10-11H2,1-3H3,(H,19,21). The van der Waals surface area contributed by atoms with Crippen LogP contribution in [0.4, 0.5) is 4.79 Å². The van der Waals surface area contributed by atoms with Gasteiger partial charge >= 0.3 is 6.03 Å². The number of urea groups is 1. The number of nitrogens with one attached hydrogen (secondary N) is 1. The largest absolute Gasteiger partial charge is 0.477 e. The molecule has 0 saturated carbocycles. The summed E-state index contributed by atoms with van der Waals surface area (Å²) in [5.41, 5.74) is 0. The van der Waals surface area contributed by atoms with Crippen molar-refractivity contribution in [1.82, 2.24) is 20.2 Å². The molecule has 1 N–H and O–H groups in total. The smallest absolute Gasteiger partial charge is 0.317 e. The molecule has 2 rings (SSSR count). The number of aromatic nitrogens is 2. The van der Waals surface area contributed by atoms with Crippen LogP contribution in [0.15, 0.2) is 12.4 Å². The Kier molecular flexibility index (Phi) is 6.43. The van der Waals surface area contributed by atoms with Gasteiger partial charge in [0.25, 0.3) is 11.8 Å². The average molecular weight is 322 g/mol. The van der Waals surface area contributed by atoms with Crippen LogP contribution in [0.2, 0.25) is 0 Å². The van der Waals surface area contributed by atoms with Crippen molar-refractivity contribution in [3.05, 3.63) is 12.4 Å². The van der Waals surface area contributed by atoms with Gasteiger partial charge < -0.3 is 19.7 Å². The predicted octanol–water partition coefficient (Wildman–Crippen LogP) is 2.23. The Labute approximate surface area is 137 Å². The van der Waals surface area contributed by atoms with Gasteiger partial charge in [-0.1, -0.05) is 13.8 Å². The zero-order valence-corrected chi connectivity index (χ0v) is 14.1. The topological polar surface area (TPSA) is 76.6 Å².